The van der Waals surface area contributed by atoms with Gasteiger partial charge in [0.15, 0.2) is 0 Å². The molecular weight excluding hydrogens is 366 g/mol. The van der Waals surface area contributed by atoms with Gasteiger partial charge in [-0.3, -0.25) is 19.9 Å². The standard InChI is InChI=1S/C22H17N5O2/c28-17-8-2-1-7-16(17)19-18-20(26-25-19)22(29)27(13-14-5-3-9-23-11-14)21(18)15-6-4-10-24-12-15/h1-12,21,28H,13H2,(H,25,26)/t21-/m1/s1. The number of carbonyl (C=O) groups is 1. The van der Waals surface area contributed by atoms with Crippen molar-refractivity contribution in [3.05, 3.63) is 95.7 Å². The number of amides is 1. The van der Waals surface area contributed by atoms with Crippen molar-refractivity contribution in [2.75, 3.05) is 0 Å². The highest BCUT2D eigenvalue weighted by Gasteiger charge is 2.42. The van der Waals surface area contributed by atoms with Crippen molar-refractivity contribution in [2.45, 2.75) is 12.6 Å². The number of H-pyrrole nitrogens is 1. The van der Waals surface area contributed by atoms with E-state index < -0.39 is 0 Å². The van der Waals surface area contributed by atoms with Gasteiger partial charge < -0.3 is 10.0 Å². The molecule has 5 rings (SSSR count). The molecule has 0 saturated heterocycles. The van der Waals surface area contributed by atoms with E-state index in [0.717, 1.165) is 16.7 Å². The van der Waals surface area contributed by atoms with Gasteiger partial charge in [-0.2, -0.15) is 5.10 Å². The van der Waals surface area contributed by atoms with Gasteiger partial charge in [0.25, 0.3) is 5.91 Å². The summed E-state index contributed by atoms with van der Waals surface area (Å²) in [5.74, 6) is -0.0308. The average Bonchev–Trinajstić information content (AvgIpc) is 3.29. The van der Waals surface area contributed by atoms with E-state index in [0.29, 0.717) is 23.5 Å². The Morgan fingerprint density at radius 2 is 1.79 bits per heavy atom. The SMILES string of the molecule is O=C1c2[nH]nc(-c3ccccc3O)c2[C@@H](c2cccnc2)N1Cc1cccnc1. The summed E-state index contributed by atoms with van der Waals surface area (Å²) in [6.07, 6.45) is 6.91. The van der Waals surface area contributed by atoms with E-state index in [4.69, 9.17) is 0 Å². The number of phenolic OH excluding ortho intramolecular Hbond substituents is 1. The number of pyridine rings is 2. The van der Waals surface area contributed by atoms with E-state index in [1.54, 1.807) is 47.9 Å². The lowest BCUT2D eigenvalue weighted by Crippen LogP contribution is -2.29. The minimum Gasteiger partial charge on any atom is -0.507 e. The smallest absolute Gasteiger partial charge is 0.273 e. The van der Waals surface area contributed by atoms with Gasteiger partial charge >= 0.3 is 0 Å². The summed E-state index contributed by atoms with van der Waals surface area (Å²) in [5.41, 5.74) is 4.12. The van der Waals surface area contributed by atoms with Crippen molar-refractivity contribution >= 4 is 5.91 Å². The van der Waals surface area contributed by atoms with Crippen molar-refractivity contribution in [2.24, 2.45) is 0 Å². The zero-order valence-corrected chi connectivity index (χ0v) is 15.4. The molecule has 7 heteroatoms. The van der Waals surface area contributed by atoms with Gasteiger partial charge in [0.2, 0.25) is 0 Å². The van der Waals surface area contributed by atoms with Gasteiger partial charge in [-0.25, -0.2) is 0 Å². The molecule has 29 heavy (non-hydrogen) atoms. The van der Waals surface area contributed by atoms with Crippen LogP contribution in [0.15, 0.2) is 73.3 Å². The number of hydrogen-bond acceptors (Lipinski definition) is 5. The van der Waals surface area contributed by atoms with Crippen LogP contribution in [0.2, 0.25) is 0 Å². The number of carbonyl (C=O) groups excluding carboxylic acids is 1. The zero-order valence-electron chi connectivity index (χ0n) is 15.4. The lowest BCUT2D eigenvalue weighted by molar-refractivity contribution is 0.0729. The second-order valence-electron chi connectivity index (χ2n) is 6.86. The van der Waals surface area contributed by atoms with Crippen molar-refractivity contribution < 1.29 is 9.90 Å². The number of phenols is 1. The van der Waals surface area contributed by atoms with Gasteiger partial charge in [-0.1, -0.05) is 24.3 Å². The highest BCUT2D eigenvalue weighted by Crippen LogP contribution is 2.44. The first-order valence-corrected chi connectivity index (χ1v) is 9.20. The van der Waals surface area contributed by atoms with Crippen molar-refractivity contribution in [3.63, 3.8) is 0 Å². The third kappa shape index (κ3) is 2.84. The molecule has 0 unspecified atom stereocenters. The minimum atomic E-state index is -0.375. The first-order chi connectivity index (χ1) is 14.2. The van der Waals surface area contributed by atoms with Crippen LogP contribution in [0.1, 0.15) is 33.2 Å². The van der Waals surface area contributed by atoms with Crippen LogP contribution in [0.3, 0.4) is 0 Å². The predicted molar refractivity (Wildman–Crippen MR) is 106 cm³/mol. The Morgan fingerprint density at radius 1 is 1.00 bits per heavy atom. The number of hydrogen-bond donors (Lipinski definition) is 2. The van der Waals surface area contributed by atoms with Crippen LogP contribution in [0.25, 0.3) is 11.3 Å². The summed E-state index contributed by atoms with van der Waals surface area (Å²) >= 11 is 0. The number of nitrogens with one attached hydrogen (secondary N) is 1. The maximum atomic E-state index is 13.3. The molecule has 1 aromatic carbocycles. The van der Waals surface area contributed by atoms with E-state index in [2.05, 4.69) is 20.2 Å². The van der Waals surface area contributed by atoms with Crippen LogP contribution in [0, 0.1) is 0 Å². The van der Waals surface area contributed by atoms with Crippen molar-refractivity contribution in [1.29, 1.82) is 0 Å². The van der Waals surface area contributed by atoms with E-state index in [1.165, 1.54) is 0 Å². The van der Waals surface area contributed by atoms with Gasteiger partial charge in [-0.15, -0.1) is 0 Å². The molecule has 3 aromatic heterocycles. The Bertz CT molecular complexity index is 1170. The maximum absolute atomic E-state index is 13.3. The molecule has 0 fully saturated rings. The van der Waals surface area contributed by atoms with Crippen LogP contribution >= 0.6 is 0 Å². The second kappa shape index (κ2) is 6.87. The molecule has 1 aliphatic rings. The van der Waals surface area contributed by atoms with Gasteiger partial charge in [0.05, 0.1) is 6.04 Å². The van der Waals surface area contributed by atoms with E-state index >= 15 is 0 Å². The average molecular weight is 383 g/mol. The molecule has 4 heterocycles. The molecule has 142 valence electrons. The predicted octanol–water partition coefficient (Wildman–Crippen LogP) is 3.32. The fraction of sp³-hybridized carbons (Fsp3) is 0.0909. The molecule has 0 spiro atoms. The Hall–Kier alpha value is -4.00. The molecule has 0 saturated carbocycles. The Labute approximate surface area is 166 Å². The topological polar surface area (TPSA) is 95.0 Å². The summed E-state index contributed by atoms with van der Waals surface area (Å²) < 4.78 is 0. The Kier molecular flexibility index (Phi) is 4.05. The van der Waals surface area contributed by atoms with Crippen molar-refractivity contribution in [3.8, 4) is 17.0 Å². The largest absolute Gasteiger partial charge is 0.507 e. The molecule has 7 nitrogen and oxygen atoms in total. The highest BCUT2D eigenvalue weighted by atomic mass is 16.3. The monoisotopic (exact) mass is 383 g/mol. The normalized spacial score (nSPS) is 15.5. The van der Waals surface area contributed by atoms with Crippen LogP contribution in [0.5, 0.6) is 5.75 Å². The number of rotatable bonds is 4. The van der Waals surface area contributed by atoms with E-state index in [-0.39, 0.29) is 17.7 Å². The maximum Gasteiger partial charge on any atom is 0.273 e. The third-order valence-electron chi connectivity index (χ3n) is 5.10. The molecule has 0 aliphatic carbocycles. The molecular formula is C22H17N5O2. The number of aromatic hydroxyl groups is 1. The van der Waals surface area contributed by atoms with Gasteiger partial charge in [0, 0.05) is 42.5 Å². The lowest BCUT2D eigenvalue weighted by atomic mass is 9.96. The quantitative estimate of drug-likeness (QED) is 0.564. The van der Waals surface area contributed by atoms with Gasteiger partial charge in [-0.05, 0) is 35.4 Å². The van der Waals surface area contributed by atoms with E-state index in [9.17, 15) is 9.90 Å². The molecule has 1 aliphatic heterocycles. The van der Waals surface area contributed by atoms with Crippen LogP contribution in [0.4, 0.5) is 0 Å². The minimum absolute atomic E-state index is 0.116. The Balaban J connectivity index is 1.67. The first-order valence-electron chi connectivity index (χ1n) is 9.20. The highest BCUT2D eigenvalue weighted by molar-refractivity contribution is 6.00. The third-order valence-corrected chi connectivity index (χ3v) is 5.10. The summed E-state index contributed by atoms with van der Waals surface area (Å²) in [5, 5.41) is 17.6. The first kappa shape index (κ1) is 17.1. The van der Waals surface area contributed by atoms with E-state index in [1.807, 2.05) is 30.3 Å². The number of nitrogens with zero attached hydrogens (tertiary/aromatic N) is 4. The zero-order chi connectivity index (χ0) is 19.8. The lowest BCUT2D eigenvalue weighted by Gasteiger charge is -2.26. The number of aromatic nitrogens is 4. The molecule has 2 N–H and O–H groups in total. The van der Waals surface area contributed by atoms with Gasteiger partial charge in [0.1, 0.15) is 17.1 Å². The summed E-state index contributed by atoms with van der Waals surface area (Å²) in [6.45, 7) is 0.398. The second-order valence-corrected chi connectivity index (χ2v) is 6.86. The molecule has 0 radical (unpaired) electrons. The Morgan fingerprint density at radius 3 is 2.52 bits per heavy atom. The van der Waals surface area contributed by atoms with Crippen LogP contribution in [-0.2, 0) is 6.54 Å². The fourth-order valence-corrected chi connectivity index (χ4v) is 3.81. The number of benzene rings is 1. The molecule has 0 bridgehead atoms. The van der Waals surface area contributed by atoms with Crippen molar-refractivity contribution in [1.82, 2.24) is 25.1 Å². The summed E-state index contributed by atoms with van der Waals surface area (Å²) in [4.78, 5) is 23.4. The number of para-hydroxylation sites is 1. The molecule has 1 atom stereocenters. The molecule has 4 aromatic rings. The number of fused-ring (bicyclic) bond motifs is 1. The van der Waals surface area contributed by atoms with Crippen LogP contribution < -0.4 is 0 Å². The summed E-state index contributed by atoms with van der Waals surface area (Å²) in [7, 11) is 0. The van der Waals surface area contributed by atoms with Crippen LogP contribution in [-0.4, -0.2) is 36.1 Å². The number of aromatic amines is 1. The fourth-order valence-electron chi connectivity index (χ4n) is 3.81. The molecule has 1 amide bonds. The summed E-state index contributed by atoms with van der Waals surface area (Å²) in [6, 6.07) is 14.2.